The Hall–Kier alpha value is -4.31. The summed E-state index contributed by atoms with van der Waals surface area (Å²) in [4.78, 5) is 26.3. The number of halogens is 2. The molecule has 2 atom stereocenters. The molecular weight excluding hydrogens is 474 g/mol. The van der Waals surface area contributed by atoms with E-state index in [0.717, 1.165) is 6.07 Å². The fourth-order valence-corrected chi connectivity index (χ4v) is 4.40. The van der Waals surface area contributed by atoms with Crippen LogP contribution in [-0.4, -0.2) is 74.8 Å². The molecule has 3 aromatic rings. The third-order valence-corrected chi connectivity index (χ3v) is 6.05. The molecule has 3 N–H and O–H groups in total. The molecule has 1 aromatic carbocycles. The molecule has 1 aliphatic heterocycles. The van der Waals surface area contributed by atoms with Gasteiger partial charge in [-0.25, -0.2) is 18.1 Å². The number of carbonyl (C=O) groups excluding carboxylic acids is 2. The summed E-state index contributed by atoms with van der Waals surface area (Å²) in [5.41, 5.74) is 5.00. The molecule has 0 aliphatic carbocycles. The van der Waals surface area contributed by atoms with Gasteiger partial charge < -0.3 is 20.7 Å². The summed E-state index contributed by atoms with van der Waals surface area (Å²) in [6.07, 6.45) is 1.69. The molecule has 188 valence electrons. The number of hydrogen-bond acceptors (Lipinski definition) is 7. The van der Waals surface area contributed by atoms with E-state index in [1.165, 1.54) is 29.6 Å². The van der Waals surface area contributed by atoms with Crippen molar-refractivity contribution in [1.82, 2.24) is 29.7 Å². The van der Waals surface area contributed by atoms with Crippen molar-refractivity contribution in [1.29, 1.82) is 0 Å². The summed E-state index contributed by atoms with van der Waals surface area (Å²) in [5.74, 6) is 2.30. The van der Waals surface area contributed by atoms with Crippen LogP contribution in [0.25, 0.3) is 11.0 Å². The average molecular weight is 498 g/mol. The van der Waals surface area contributed by atoms with Gasteiger partial charge in [0, 0.05) is 33.8 Å². The second-order valence-corrected chi connectivity index (χ2v) is 8.20. The van der Waals surface area contributed by atoms with Crippen LogP contribution < -0.4 is 11.1 Å². The first kappa shape index (κ1) is 24.8. The number of anilines is 1. The standard InChI is InChI=1S/C23H24F2N8O3/c1-5-18(34)32-10-12(8-13(32)11-36-4)33-23(27-2)19(22(26)35)16(29-33)7-6-14-15(24)9-17-21(20(14)25)28-30-31(17)3/h5,9,12-13,27H,1,8,10-11H2,2-4H3,(H2,26,35)/t12-,13+/m0/s1. The molecule has 11 nitrogen and oxygen atoms in total. The Morgan fingerprint density at radius 2 is 2.14 bits per heavy atom. The van der Waals surface area contributed by atoms with Crippen LogP contribution in [-0.2, 0) is 16.6 Å². The van der Waals surface area contributed by atoms with Crippen LogP contribution in [0.2, 0.25) is 0 Å². The summed E-state index contributed by atoms with van der Waals surface area (Å²) in [7, 11) is 4.62. The van der Waals surface area contributed by atoms with Gasteiger partial charge in [0.05, 0.1) is 29.8 Å². The van der Waals surface area contributed by atoms with Crippen molar-refractivity contribution in [2.75, 3.05) is 32.6 Å². The lowest BCUT2D eigenvalue weighted by atomic mass is 10.1. The van der Waals surface area contributed by atoms with Crippen LogP contribution in [0.15, 0.2) is 18.7 Å². The SMILES string of the molecule is C=CC(=O)N1C[C@@H](n2nc(C#Cc3c(F)cc4c(nnn4C)c3F)c(C(N)=O)c2NC)C[C@@H]1COC. The molecule has 2 aromatic heterocycles. The molecule has 0 spiro atoms. The molecule has 0 radical (unpaired) electrons. The Balaban J connectivity index is 1.79. The van der Waals surface area contributed by atoms with E-state index >= 15 is 0 Å². The topological polar surface area (TPSA) is 133 Å². The van der Waals surface area contributed by atoms with Crippen LogP contribution >= 0.6 is 0 Å². The number of aromatic nitrogens is 5. The summed E-state index contributed by atoms with van der Waals surface area (Å²) < 4.78 is 37.6. The monoisotopic (exact) mass is 498 g/mol. The minimum atomic E-state index is -0.976. The van der Waals surface area contributed by atoms with E-state index in [9.17, 15) is 18.4 Å². The molecule has 0 bridgehead atoms. The molecule has 2 amide bonds. The number of primary amides is 1. The molecule has 4 rings (SSSR count). The summed E-state index contributed by atoms with van der Waals surface area (Å²) in [6.45, 7) is 4.11. The van der Waals surface area contributed by atoms with Crippen LogP contribution in [0.5, 0.6) is 0 Å². The molecule has 1 saturated heterocycles. The third kappa shape index (κ3) is 4.16. The number of likely N-dealkylation sites (tertiary alicyclic amines) is 1. The fourth-order valence-electron chi connectivity index (χ4n) is 4.40. The number of nitrogens with zero attached hydrogens (tertiary/aromatic N) is 6. The summed E-state index contributed by atoms with van der Waals surface area (Å²) >= 11 is 0. The van der Waals surface area contributed by atoms with Gasteiger partial charge in [0.15, 0.2) is 11.5 Å². The molecule has 0 unspecified atom stereocenters. The van der Waals surface area contributed by atoms with E-state index in [0.29, 0.717) is 13.0 Å². The second-order valence-electron chi connectivity index (χ2n) is 8.20. The molecular formula is C23H24F2N8O3. The van der Waals surface area contributed by atoms with Crippen molar-refractivity contribution in [3.63, 3.8) is 0 Å². The lowest BCUT2D eigenvalue weighted by Gasteiger charge is -2.22. The first-order valence-electron chi connectivity index (χ1n) is 10.9. The van der Waals surface area contributed by atoms with E-state index in [1.54, 1.807) is 11.9 Å². The van der Waals surface area contributed by atoms with Crippen molar-refractivity contribution < 1.29 is 23.1 Å². The van der Waals surface area contributed by atoms with Crippen LogP contribution in [0.4, 0.5) is 14.6 Å². The van der Waals surface area contributed by atoms with Crippen molar-refractivity contribution in [3.05, 3.63) is 47.2 Å². The van der Waals surface area contributed by atoms with Gasteiger partial charge in [0.2, 0.25) is 5.91 Å². The van der Waals surface area contributed by atoms with Crippen LogP contribution in [0.3, 0.4) is 0 Å². The first-order chi connectivity index (χ1) is 17.2. The average Bonchev–Trinajstić information content (AvgIpc) is 3.54. The Morgan fingerprint density at radius 3 is 2.78 bits per heavy atom. The van der Waals surface area contributed by atoms with E-state index in [1.807, 2.05) is 0 Å². The number of amides is 2. The van der Waals surface area contributed by atoms with Crippen molar-refractivity contribution in [2.24, 2.45) is 12.8 Å². The van der Waals surface area contributed by atoms with Gasteiger partial charge in [-0.05, 0) is 18.4 Å². The number of nitrogens with two attached hydrogens (primary N) is 1. The maximum absolute atomic E-state index is 14.9. The smallest absolute Gasteiger partial charge is 0.255 e. The number of ether oxygens (including phenoxy) is 1. The predicted molar refractivity (Wildman–Crippen MR) is 126 cm³/mol. The highest BCUT2D eigenvalue weighted by Crippen LogP contribution is 2.32. The van der Waals surface area contributed by atoms with Gasteiger partial charge in [0.25, 0.3) is 5.91 Å². The van der Waals surface area contributed by atoms with Gasteiger partial charge in [-0.3, -0.25) is 9.59 Å². The minimum absolute atomic E-state index is 0.0387. The van der Waals surface area contributed by atoms with Gasteiger partial charge in [0.1, 0.15) is 22.7 Å². The van der Waals surface area contributed by atoms with Crippen LogP contribution in [0.1, 0.15) is 34.1 Å². The Bertz CT molecular complexity index is 1430. The van der Waals surface area contributed by atoms with E-state index in [4.69, 9.17) is 10.5 Å². The van der Waals surface area contributed by atoms with Gasteiger partial charge in [-0.15, -0.1) is 5.10 Å². The van der Waals surface area contributed by atoms with Crippen molar-refractivity contribution in [2.45, 2.75) is 18.5 Å². The Kier molecular flexibility index (Phi) is 6.71. The lowest BCUT2D eigenvalue weighted by molar-refractivity contribution is -0.127. The van der Waals surface area contributed by atoms with Gasteiger partial charge >= 0.3 is 0 Å². The quantitative estimate of drug-likeness (QED) is 0.382. The van der Waals surface area contributed by atoms with Crippen molar-refractivity contribution in [3.8, 4) is 11.8 Å². The highest BCUT2D eigenvalue weighted by atomic mass is 19.1. The maximum Gasteiger partial charge on any atom is 0.255 e. The minimum Gasteiger partial charge on any atom is -0.383 e. The zero-order chi connectivity index (χ0) is 26.1. The Labute approximate surface area is 204 Å². The number of nitrogens with one attached hydrogen (secondary N) is 1. The number of benzene rings is 1. The molecule has 36 heavy (non-hydrogen) atoms. The molecule has 1 fully saturated rings. The molecule has 3 heterocycles. The normalized spacial score (nSPS) is 17.2. The largest absolute Gasteiger partial charge is 0.383 e. The summed E-state index contributed by atoms with van der Waals surface area (Å²) in [5, 5.41) is 14.7. The van der Waals surface area contributed by atoms with Gasteiger partial charge in [-0.1, -0.05) is 17.7 Å². The fraction of sp³-hybridized carbons (Fsp3) is 0.348. The number of rotatable bonds is 6. The molecule has 1 aliphatic rings. The molecule has 13 heteroatoms. The highest BCUT2D eigenvalue weighted by molar-refractivity contribution is 6.00. The first-order valence-corrected chi connectivity index (χ1v) is 10.9. The highest BCUT2D eigenvalue weighted by Gasteiger charge is 2.37. The second kappa shape index (κ2) is 9.74. The van der Waals surface area contributed by atoms with Gasteiger partial charge in [-0.2, -0.15) is 5.10 Å². The lowest BCUT2D eigenvalue weighted by Crippen LogP contribution is -2.37. The number of fused-ring (bicyclic) bond motifs is 1. The Morgan fingerprint density at radius 1 is 1.39 bits per heavy atom. The van der Waals surface area contributed by atoms with E-state index in [2.05, 4.69) is 39.1 Å². The zero-order valence-electron chi connectivity index (χ0n) is 19.9. The van der Waals surface area contributed by atoms with E-state index < -0.39 is 23.1 Å². The third-order valence-electron chi connectivity index (χ3n) is 6.05. The van der Waals surface area contributed by atoms with Crippen LogP contribution in [0, 0.1) is 23.5 Å². The molecule has 0 saturated carbocycles. The predicted octanol–water partition coefficient (Wildman–Crippen LogP) is 0.958. The van der Waals surface area contributed by atoms with Crippen molar-refractivity contribution >= 4 is 28.7 Å². The number of carbonyl (C=O) groups is 2. The van der Waals surface area contributed by atoms with E-state index in [-0.39, 0.29) is 52.6 Å². The number of hydrogen-bond donors (Lipinski definition) is 2. The maximum atomic E-state index is 14.9. The summed E-state index contributed by atoms with van der Waals surface area (Å²) in [6, 6.07) is 0.483. The number of methoxy groups -OCH3 is 1. The zero-order valence-corrected chi connectivity index (χ0v) is 19.9. The number of aryl methyl sites for hydroxylation is 1.